The van der Waals surface area contributed by atoms with Crippen LogP contribution in [0.15, 0.2) is 41.6 Å². The van der Waals surface area contributed by atoms with Crippen LogP contribution in [0.25, 0.3) is 0 Å². The molecule has 0 bridgehead atoms. The number of carbonyl (C=O) groups excluding carboxylic acids is 1. The normalized spacial score (nSPS) is 20.7. The monoisotopic (exact) mass is 417 g/mol. The highest BCUT2D eigenvalue weighted by atomic mass is 35.6. The Morgan fingerprint density at radius 3 is 2.38 bits per heavy atom. The maximum absolute atomic E-state index is 12.7. The van der Waals surface area contributed by atoms with Crippen LogP contribution in [0.4, 0.5) is 0 Å². The first kappa shape index (κ1) is 20.0. The van der Waals surface area contributed by atoms with E-state index in [1.54, 1.807) is 12.1 Å². The molecule has 26 heavy (non-hydrogen) atoms. The number of hydrogen-bond donors (Lipinski definition) is 2. The van der Waals surface area contributed by atoms with Gasteiger partial charge in [-0.15, -0.1) is 0 Å². The van der Waals surface area contributed by atoms with Crippen LogP contribution >= 0.6 is 34.8 Å². The highest BCUT2D eigenvalue weighted by molar-refractivity contribution is 6.68. The van der Waals surface area contributed by atoms with Gasteiger partial charge in [0, 0.05) is 17.6 Å². The second kappa shape index (κ2) is 8.94. The van der Waals surface area contributed by atoms with Crippen molar-refractivity contribution in [2.45, 2.75) is 35.5 Å². The summed E-state index contributed by atoms with van der Waals surface area (Å²) in [7, 11) is 0. The number of hydrogen-bond acceptors (Lipinski definition) is 2. The van der Waals surface area contributed by atoms with E-state index in [4.69, 9.17) is 39.5 Å². The molecule has 7 heteroatoms. The second-order valence-electron chi connectivity index (χ2n) is 6.74. The minimum atomic E-state index is -1.60. The van der Waals surface area contributed by atoms with Gasteiger partial charge in [0.25, 0.3) is 5.91 Å². The summed E-state index contributed by atoms with van der Waals surface area (Å²) < 4.78 is 3.88. The molecule has 1 atom stereocenters. The SMILES string of the molecule is O=C(N[C@H](C1=C([NH+]2CCOCC2)CCCC1)C(Cl)(Cl)Cl)c1ccccc1. The van der Waals surface area contributed by atoms with E-state index < -0.39 is 9.83 Å². The molecule has 1 aromatic carbocycles. The van der Waals surface area contributed by atoms with Gasteiger partial charge in [0.1, 0.15) is 24.8 Å². The van der Waals surface area contributed by atoms with Crippen molar-refractivity contribution in [1.82, 2.24) is 5.32 Å². The Balaban J connectivity index is 1.90. The summed E-state index contributed by atoms with van der Waals surface area (Å²) in [6, 6.07) is 8.39. The van der Waals surface area contributed by atoms with Crippen LogP contribution in [0, 0.1) is 0 Å². The van der Waals surface area contributed by atoms with E-state index in [0.717, 1.165) is 57.6 Å². The standard InChI is InChI=1S/C19H23Cl3N2O2/c20-19(21,22)17(23-18(25)14-6-2-1-3-7-14)15-8-4-5-9-16(15)24-10-12-26-13-11-24/h1-3,6-7,17H,4-5,8-13H2,(H,23,25)/p+1/t17-/m1/s1. The Kier molecular flexibility index (Phi) is 6.87. The van der Waals surface area contributed by atoms with Crippen molar-refractivity contribution in [3.05, 3.63) is 47.2 Å². The highest BCUT2D eigenvalue weighted by Crippen LogP contribution is 2.38. The van der Waals surface area contributed by atoms with Crippen LogP contribution in [0.5, 0.6) is 0 Å². The van der Waals surface area contributed by atoms with Crippen LogP contribution in [0.3, 0.4) is 0 Å². The molecule has 0 unspecified atom stereocenters. The van der Waals surface area contributed by atoms with Crippen molar-refractivity contribution < 1.29 is 14.4 Å². The fourth-order valence-electron chi connectivity index (χ4n) is 3.74. The van der Waals surface area contributed by atoms with Gasteiger partial charge in [-0.3, -0.25) is 4.79 Å². The third-order valence-corrected chi connectivity index (χ3v) is 5.68. The van der Waals surface area contributed by atoms with E-state index in [2.05, 4.69) is 5.32 Å². The summed E-state index contributed by atoms with van der Waals surface area (Å²) in [5, 5.41) is 2.97. The molecule has 1 amide bonds. The Bertz CT molecular complexity index is 652. The number of halogens is 3. The predicted molar refractivity (Wildman–Crippen MR) is 105 cm³/mol. The van der Waals surface area contributed by atoms with Gasteiger partial charge in [-0.2, -0.15) is 0 Å². The molecule has 1 heterocycles. The van der Waals surface area contributed by atoms with Gasteiger partial charge in [0.05, 0.1) is 13.2 Å². The predicted octanol–water partition coefficient (Wildman–Crippen LogP) is 2.90. The molecule has 1 saturated heterocycles. The largest absolute Gasteiger partial charge is 0.370 e. The zero-order valence-corrected chi connectivity index (χ0v) is 16.8. The summed E-state index contributed by atoms with van der Waals surface area (Å²) >= 11 is 18.9. The molecule has 1 aliphatic carbocycles. The summed E-state index contributed by atoms with van der Waals surface area (Å²) in [5.74, 6) is -0.226. The fourth-order valence-corrected chi connectivity index (χ4v) is 4.30. The summed E-state index contributed by atoms with van der Waals surface area (Å²) in [6.45, 7) is 3.30. The smallest absolute Gasteiger partial charge is 0.251 e. The van der Waals surface area contributed by atoms with Crippen LogP contribution < -0.4 is 10.2 Å². The molecule has 3 rings (SSSR count). The van der Waals surface area contributed by atoms with E-state index >= 15 is 0 Å². The lowest BCUT2D eigenvalue weighted by atomic mass is 9.90. The minimum absolute atomic E-state index is 0.226. The van der Waals surface area contributed by atoms with Crippen LogP contribution in [-0.2, 0) is 4.74 Å². The van der Waals surface area contributed by atoms with E-state index in [-0.39, 0.29) is 5.91 Å². The summed E-state index contributed by atoms with van der Waals surface area (Å²) in [4.78, 5) is 14.1. The minimum Gasteiger partial charge on any atom is -0.370 e. The fraction of sp³-hybridized carbons (Fsp3) is 0.526. The zero-order chi connectivity index (χ0) is 18.6. The second-order valence-corrected chi connectivity index (χ2v) is 9.11. The highest BCUT2D eigenvalue weighted by Gasteiger charge is 2.41. The maximum atomic E-state index is 12.7. The van der Waals surface area contributed by atoms with Gasteiger partial charge in [0.2, 0.25) is 3.79 Å². The van der Waals surface area contributed by atoms with Crippen molar-refractivity contribution in [2.75, 3.05) is 26.3 Å². The van der Waals surface area contributed by atoms with Crippen molar-refractivity contribution in [1.29, 1.82) is 0 Å². The molecule has 0 aromatic heterocycles. The van der Waals surface area contributed by atoms with Crippen molar-refractivity contribution in [3.8, 4) is 0 Å². The van der Waals surface area contributed by atoms with Crippen molar-refractivity contribution in [3.63, 3.8) is 0 Å². The maximum Gasteiger partial charge on any atom is 0.251 e. The van der Waals surface area contributed by atoms with Crippen LogP contribution in [0.2, 0.25) is 0 Å². The van der Waals surface area contributed by atoms with Crippen LogP contribution in [0.1, 0.15) is 36.0 Å². The van der Waals surface area contributed by atoms with E-state index in [9.17, 15) is 4.79 Å². The first-order valence-electron chi connectivity index (χ1n) is 9.04. The number of ether oxygens (including phenoxy) is 1. The summed E-state index contributed by atoms with van der Waals surface area (Å²) in [6.07, 6.45) is 3.99. The molecule has 4 nitrogen and oxygen atoms in total. The van der Waals surface area contributed by atoms with Gasteiger partial charge >= 0.3 is 0 Å². The van der Waals surface area contributed by atoms with E-state index in [0.29, 0.717) is 5.56 Å². The average Bonchev–Trinajstić information content (AvgIpc) is 2.66. The molecule has 1 aromatic rings. The summed E-state index contributed by atoms with van der Waals surface area (Å²) in [5.41, 5.74) is 2.91. The number of nitrogens with one attached hydrogen (secondary N) is 2. The lowest BCUT2D eigenvalue weighted by molar-refractivity contribution is -0.872. The molecule has 0 saturated carbocycles. The Labute approximate surface area is 169 Å². The number of morpholine rings is 1. The van der Waals surface area contributed by atoms with E-state index in [1.165, 1.54) is 10.6 Å². The number of amides is 1. The molecule has 1 fully saturated rings. The third kappa shape index (κ3) is 4.93. The number of benzene rings is 1. The van der Waals surface area contributed by atoms with Gasteiger partial charge in [-0.25, -0.2) is 0 Å². The van der Waals surface area contributed by atoms with E-state index in [1.807, 2.05) is 18.2 Å². The molecular formula is C19H24Cl3N2O2+. The van der Waals surface area contributed by atoms with Gasteiger partial charge in [0.15, 0.2) is 0 Å². The Hall–Kier alpha value is -0.780. The quantitative estimate of drug-likeness (QED) is 0.738. The molecule has 2 aliphatic rings. The van der Waals surface area contributed by atoms with Crippen LogP contribution in [-0.4, -0.2) is 42.0 Å². The molecule has 2 N–H and O–H groups in total. The Morgan fingerprint density at radius 2 is 1.73 bits per heavy atom. The molecule has 0 spiro atoms. The van der Waals surface area contributed by atoms with Gasteiger partial charge in [-0.1, -0.05) is 53.0 Å². The molecule has 142 valence electrons. The average molecular weight is 419 g/mol. The first-order chi connectivity index (χ1) is 12.5. The molecule has 1 aliphatic heterocycles. The topological polar surface area (TPSA) is 42.8 Å². The number of allylic oxidation sites excluding steroid dienone is 1. The third-order valence-electron chi connectivity index (χ3n) is 5.02. The first-order valence-corrected chi connectivity index (χ1v) is 10.2. The lowest BCUT2D eigenvalue weighted by Gasteiger charge is -2.35. The molecular weight excluding hydrogens is 395 g/mol. The zero-order valence-electron chi connectivity index (χ0n) is 14.6. The van der Waals surface area contributed by atoms with Crippen molar-refractivity contribution >= 4 is 40.7 Å². The Morgan fingerprint density at radius 1 is 1.08 bits per heavy atom. The number of rotatable bonds is 4. The molecule has 0 radical (unpaired) electrons. The van der Waals surface area contributed by atoms with Gasteiger partial charge < -0.3 is 15.0 Å². The van der Waals surface area contributed by atoms with Crippen molar-refractivity contribution in [2.24, 2.45) is 0 Å². The lowest BCUT2D eigenvalue weighted by Crippen LogP contribution is -3.12. The number of carbonyl (C=O) groups is 1. The number of quaternary nitrogens is 1. The number of alkyl halides is 3. The van der Waals surface area contributed by atoms with Gasteiger partial charge in [-0.05, 0) is 31.4 Å².